The minimum Gasteiger partial charge on any atom is -1.00 e. The maximum Gasteiger partial charge on any atom is 0.278 e. The van der Waals surface area contributed by atoms with Gasteiger partial charge in [-0.05, 0) is 32.0 Å². The zero-order valence-corrected chi connectivity index (χ0v) is 22.0. The van der Waals surface area contributed by atoms with Crippen molar-refractivity contribution in [2.45, 2.75) is 33.5 Å². The molecule has 4 rings (SSSR count). The van der Waals surface area contributed by atoms with Crippen LogP contribution in [0.3, 0.4) is 0 Å². The van der Waals surface area contributed by atoms with Crippen LogP contribution >= 0.6 is 15.9 Å². The molecule has 2 heterocycles. The summed E-state index contributed by atoms with van der Waals surface area (Å²) in [6, 6.07) is 11.0. The normalized spacial score (nSPS) is 12.9. The van der Waals surface area contributed by atoms with E-state index in [0.29, 0.717) is 37.4 Å². The minimum atomic E-state index is -0.256. The third-order valence-electron chi connectivity index (χ3n) is 5.56. The molecule has 0 radical (unpaired) electrons. The third-order valence-corrected chi connectivity index (χ3v) is 6.02. The molecule has 9 heteroatoms. The Labute approximate surface area is 212 Å². The van der Waals surface area contributed by atoms with Gasteiger partial charge in [0, 0.05) is 17.6 Å². The standard InChI is InChI=1S/C23H25BrN3O4.HI/c1-4-25-18-12-15(24)13-19(31-11-10-30-3)21(18)26(5-2)20(25)14-27-22(28)16-8-6-7-9-17(16)23(27)29;/h6-9,12-13H,4-5,10-11,14H2,1-3H3;1H/q+1;/p-1. The van der Waals surface area contributed by atoms with Crippen LogP contribution in [0.1, 0.15) is 40.4 Å². The SMILES string of the molecule is CCn1c(CN2C(=O)c3ccccc3C2=O)[n+](CC)c2c(OCCOC)cc(Br)cc21.[I-]. The van der Waals surface area contributed by atoms with E-state index < -0.39 is 0 Å². The van der Waals surface area contributed by atoms with Crippen LogP contribution in [0.2, 0.25) is 0 Å². The van der Waals surface area contributed by atoms with E-state index >= 15 is 0 Å². The summed E-state index contributed by atoms with van der Waals surface area (Å²) in [5, 5.41) is 0. The van der Waals surface area contributed by atoms with Gasteiger partial charge in [0.15, 0.2) is 11.3 Å². The highest BCUT2D eigenvalue weighted by Gasteiger charge is 2.39. The first-order valence-corrected chi connectivity index (χ1v) is 11.1. The van der Waals surface area contributed by atoms with Gasteiger partial charge in [-0.15, -0.1) is 0 Å². The molecule has 0 bridgehead atoms. The molecule has 0 atom stereocenters. The molecule has 170 valence electrons. The zero-order chi connectivity index (χ0) is 22.1. The van der Waals surface area contributed by atoms with Crippen LogP contribution in [0.25, 0.3) is 11.0 Å². The second-order valence-electron chi connectivity index (χ2n) is 7.26. The Morgan fingerprint density at radius 1 is 1.03 bits per heavy atom. The summed E-state index contributed by atoms with van der Waals surface area (Å²) in [5.74, 6) is 1.10. The van der Waals surface area contributed by atoms with Gasteiger partial charge in [-0.1, -0.05) is 28.1 Å². The lowest BCUT2D eigenvalue weighted by atomic mass is 10.1. The maximum absolute atomic E-state index is 13.0. The quantitative estimate of drug-likeness (QED) is 0.161. The Morgan fingerprint density at radius 3 is 2.25 bits per heavy atom. The molecule has 0 aliphatic carbocycles. The van der Waals surface area contributed by atoms with Crippen molar-refractivity contribution in [1.29, 1.82) is 0 Å². The Balaban J connectivity index is 0.00000289. The first-order chi connectivity index (χ1) is 15.0. The monoisotopic (exact) mass is 613 g/mol. The Morgan fingerprint density at radius 2 is 1.69 bits per heavy atom. The first-order valence-electron chi connectivity index (χ1n) is 10.3. The molecule has 1 aliphatic rings. The van der Waals surface area contributed by atoms with Gasteiger partial charge >= 0.3 is 0 Å². The molecule has 2 aromatic carbocycles. The summed E-state index contributed by atoms with van der Waals surface area (Å²) in [6.45, 7) is 6.56. The summed E-state index contributed by atoms with van der Waals surface area (Å²) in [7, 11) is 1.64. The second-order valence-corrected chi connectivity index (χ2v) is 8.18. The van der Waals surface area contributed by atoms with Gasteiger partial charge in [0.2, 0.25) is 5.52 Å². The molecule has 32 heavy (non-hydrogen) atoms. The lowest BCUT2D eigenvalue weighted by Crippen LogP contribution is -3.00. The summed E-state index contributed by atoms with van der Waals surface area (Å²) in [6.07, 6.45) is 0. The number of benzene rings is 2. The molecule has 0 saturated heterocycles. The predicted octanol–water partition coefficient (Wildman–Crippen LogP) is 0.557. The molecule has 2 amide bonds. The van der Waals surface area contributed by atoms with E-state index in [2.05, 4.69) is 32.0 Å². The van der Waals surface area contributed by atoms with Gasteiger partial charge in [0.1, 0.15) is 13.2 Å². The number of methoxy groups -OCH3 is 1. The van der Waals surface area contributed by atoms with E-state index in [1.54, 1.807) is 31.4 Å². The largest absolute Gasteiger partial charge is 1.00 e. The summed E-state index contributed by atoms with van der Waals surface area (Å²) in [5.41, 5.74) is 2.84. The fourth-order valence-electron chi connectivity index (χ4n) is 4.18. The van der Waals surface area contributed by atoms with Crippen molar-refractivity contribution in [3.8, 4) is 5.75 Å². The van der Waals surface area contributed by atoms with Gasteiger partial charge in [-0.3, -0.25) is 14.5 Å². The lowest BCUT2D eigenvalue weighted by Gasteiger charge is -2.13. The van der Waals surface area contributed by atoms with Crippen LogP contribution in [-0.4, -0.2) is 41.6 Å². The smallest absolute Gasteiger partial charge is 0.278 e. The van der Waals surface area contributed by atoms with Crippen LogP contribution < -0.4 is 33.3 Å². The van der Waals surface area contributed by atoms with Gasteiger partial charge < -0.3 is 33.5 Å². The number of rotatable bonds is 8. The highest BCUT2D eigenvalue weighted by Crippen LogP contribution is 2.31. The van der Waals surface area contributed by atoms with Crippen molar-refractivity contribution in [3.05, 3.63) is 57.8 Å². The topological polar surface area (TPSA) is 64.7 Å². The van der Waals surface area contributed by atoms with Gasteiger partial charge in [-0.25, -0.2) is 9.13 Å². The molecular weight excluding hydrogens is 589 g/mol. The van der Waals surface area contributed by atoms with Crippen LogP contribution in [0.5, 0.6) is 5.75 Å². The molecule has 0 N–H and O–H groups in total. The number of aryl methyl sites for hydroxylation is 2. The van der Waals surface area contributed by atoms with Crippen LogP contribution in [0, 0.1) is 0 Å². The number of hydrogen-bond donors (Lipinski definition) is 0. The lowest BCUT2D eigenvalue weighted by molar-refractivity contribution is -0.677. The van der Waals surface area contributed by atoms with Crippen molar-refractivity contribution in [3.63, 3.8) is 0 Å². The molecular formula is C23H25BrIN3O4. The van der Waals surface area contributed by atoms with Crippen LogP contribution in [-0.2, 0) is 24.4 Å². The Bertz CT molecular complexity index is 1140. The molecule has 0 saturated carbocycles. The minimum absolute atomic E-state index is 0. The van der Waals surface area contributed by atoms with E-state index in [0.717, 1.165) is 27.1 Å². The van der Waals surface area contributed by atoms with Gasteiger partial charge in [-0.2, -0.15) is 0 Å². The number of nitrogens with zero attached hydrogens (tertiary/aromatic N) is 3. The van der Waals surface area contributed by atoms with Crippen molar-refractivity contribution in [2.24, 2.45) is 0 Å². The summed E-state index contributed by atoms with van der Waals surface area (Å²) >= 11 is 3.59. The predicted molar refractivity (Wildman–Crippen MR) is 119 cm³/mol. The summed E-state index contributed by atoms with van der Waals surface area (Å²) in [4.78, 5) is 27.3. The number of carbonyl (C=O) groups is 2. The molecule has 1 aliphatic heterocycles. The molecule has 1 aromatic heterocycles. The number of ether oxygens (including phenoxy) is 2. The van der Waals surface area contributed by atoms with E-state index in [1.165, 1.54) is 4.90 Å². The zero-order valence-electron chi connectivity index (χ0n) is 18.2. The van der Waals surface area contributed by atoms with Crippen molar-refractivity contribution < 1.29 is 47.6 Å². The van der Waals surface area contributed by atoms with Crippen LogP contribution in [0.4, 0.5) is 0 Å². The third kappa shape index (κ3) is 4.17. The summed E-state index contributed by atoms with van der Waals surface area (Å²) < 4.78 is 16.3. The highest BCUT2D eigenvalue weighted by molar-refractivity contribution is 9.10. The molecule has 0 spiro atoms. The number of hydrogen-bond acceptors (Lipinski definition) is 4. The van der Waals surface area contributed by atoms with E-state index in [-0.39, 0.29) is 42.3 Å². The number of aromatic nitrogens is 2. The molecule has 3 aromatic rings. The number of imide groups is 1. The van der Waals surface area contributed by atoms with Crippen molar-refractivity contribution in [2.75, 3.05) is 20.3 Å². The van der Waals surface area contributed by atoms with Gasteiger partial charge in [0.05, 0.1) is 30.8 Å². The number of halogens is 2. The number of imidazole rings is 1. The number of fused-ring (bicyclic) bond motifs is 2. The van der Waals surface area contributed by atoms with Crippen LogP contribution in [0.15, 0.2) is 40.9 Å². The first kappa shape index (κ1) is 24.7. The van der Waals surface area contributed by atoms with Crippen molar-refractivity contribution >= 4 is 38.8 Å². The Hall–Kier alpha value is -1.98. The number of carbonyl (C=O) groups excluding carboxylic acids is 2. The molecule has 0 unspecified atom stereocenters. The second kappa shape index (κ2) is 10.3. The average molecular weight is 614 g/mol. The van der Waals surface area contributed by atoms with E-state index in [1.807, 2.05) is 19.1 Å². The van der Waals surface area contributed by atoms with E-state index in [9.17, 15) is 9.59 Å². The van der Waals surface area contributed by atoms with Crippen molar-refractivity contribution in [1.82, 2.24) is 9.47 Å². The van der Waals surface area contributed by atoms with E-state index in [4.69, 9.17) is 9.47 Å². The fourth-order valence-corrected chi connectivity index (χ4v) is 4.61. The molecule has 0 fully saturated rings. The number of amides is 2. The average Bonchev–Trinajstić information content (AvgIpc) is 3.20. The maximum atomic E-state index is 13.0. The molecule has 7 nitrogen and oxygen atoms in total. The fraction of sp³-hybridized carbons (Fsp3) is 0.348. The highest BCUT2D eigenvalue weighted by atomic mass is 127. The van der Waals surface area contributed by atoms with Gasteiger partial charge in [0.25, 0.3) is 17.6 Å². The Kier molecular flexibility index (Phi) is 7.94.